The van der Waals surface area contributed by atoms with Crippen LogP contribution >= 0.6 is 0 Å². The fourth-order valence-electron chi connectivity index (χ4n) is 7.40. The Labute approximate surface area is 201 Å². The molecule has 2 N–H and O–H groups in total. The SMILES string of the molecule is CC(=O)NC(Cc1ccccc1C#N)C(=O)N1CCC[C@@H]1C(=O)NC1C2CC3CC(C2)CC1C3. The number of hydrogen-bond donors (Lipinski definition) is 2. The van der Waals surface area contributed by atoms with Gasteiger partial charge >= 0.3 is 0 Å². The Morgan fingerprint density at radius 1 is 1.09 bits per heavy atom. The maximum Gasteiger partial charge on any atom is 0.246 e. The number of amides is 3. The van der Waals surface area contributed by atoms with Crippen LogP contribution in [0.25, 0.3) is 0 Å². The molecule has 0 radical (unpaired) electrons. The lowest BCUT2D eigenvalue weighted by atomic mass is 9.54. The highest BCUT2D eigenvalue weighted by molar-refractivity contribution is 5.92. The zero-order valence-electron chi connectivity index (χ0n) is 19.8. The molecule has 5 fully saturated rings. The van der Waals surface area contributed by atoms with E-state index in [9.17, 15) is 19.6 Å². The average molecular weight is 463 g/mol. The van der Waals surface area contributed by atoms with Gasteiger partial charge in [0.2, 0.25) is 17.7 Å². The molecule has 7 heteroatoms. The minimum absolute atomic E-state index is 0.0395. The van der Waals surface area contributed by atoms with Crippen LogP contribution in [0, 0.1) is 35.0 Å². The first kappa shape index (κ1) is 22.9. The normalized spacial score (nSPS) is 32.2. The van der Waals surface area contributed by atoms with Crippen molar-refractivity contribution in [2.45, 2.75) is 76.4 Å². The molecule has 5 aliphatic rings. The number of rotatable bonds is 6. The molecular formula is C27H34N4O3. The maximum atomic E-state index is 13.6. The van der Waals surface area contributed by atoms with Gasteiger partial charge in [-0.3, -0.25) is 14.4 Å². The first-order valence-electron chi connectivity index (χ1n) is 12.8. The van der Waals surface area contributed by atoms with Gasteiger partial charge in [0.1, 0.15) is 12.1 Å². The number of nitriles is 1. The van der Waals surface area contributed by atoms with Gasteiger partial charge < -0.3 is 15.5 Å². The molecule has 1 unspecified atom stereocenters. The molecule has 1 aromatic rings. The van der Waals surface area contributed by atoms with Crippen molar-refractivity contribution in [1.29, 1.82) is 5.26 Å². The highest BCUT2D eigenvalue weighted by Gasteiger charge is 2.49. The Morgan fingerprint density at radius 2 is 1.76 bits per heavy atom. The third-order valence-corrected chi connectivity index (χ3v) is 8.61. The number of nitrogens with zero attached hydrogens (tertiary/aromatic N) is 2. The smallest absolute Gasteiger partial charge is 0.246 e. The summed E-state index contributed by atoms with van der Waals surface area (Å²) < 4.78 is 0. The predicted octanol–water partition coefficient (Wildman–Crippen LogP) is 2.54. The lowest BCUT2D eigenvalue weighted by Gasteiger charge is -2.54. The molecule has 180 valence electrons. The topological polar surface area (TPSA) is 102 Å². The van der Waals surface area contributed by atoms with E-state index in [1.54, 1.807) is 23.1 Å². The summed E-state index contributed by atoms with van der Waals surface area (Å²) in [4.78, 5) is 40.6. The maximum absolute atomic E-state index is 13.6. The lowest BCUT2D eigenvalue weighted by Crippen LogP contribution is -2.59. The lowest BCUT2D eigenvalue weighted by molar-refractivity contribution is -0.142. The summed E-state index contributed by atoms with van der Waals surface area (Å²) in [6.45, 7) is 1.89. The van der Waals surface area contributed by atoms with Crippen molar-refractivity contribution in [2.24, 2.45) is 23.7 Å². The molecule has 1 aliphatic heterocycles. The second kappa shape index (κ2) is 9.40. The molecule has 7 nitrogen and oxygen atoms in total. The van der Waals surface area contributed by atoms with Crippen molar-refractivity contribution in [1.82, 2.24) is 15.5 Å². The van der Waals surface area contributed by atoms with E-state index in [1.165, 1.54) is 39.0 Å². The van der Waals surface area contributed by atoms with Gasteiger partial charge in [0, 0.05) is 25.9 Å². The van der Waals surface area contributed by atoms with Gasteiger partial charge in [-0.05, 0) is 80.2 Å². The Hall–Kier alpha value is -2.88. The number of carbonyl (C=O) groups excluding carboxylic acids is 3. The molecule has 4 aliphatic carbocycles. The number of benzene rings is 1. The van der Waals surface area contributed by atoms with Crippen molar-refractivity contribution in [3.8, 4) is 6.07 Å². The van der Waals surface area contributed by atoms with Crippen LogP contribution in [0.3, 0.4) is 0 Å². The summed E-state index contributed by atoms with van der Waals surface area (Å²) in [6.07, 6.45) is 7.94. The van der Waals surface area contributed by atoms with E-state index in [1.807, 2.05) is 6.07 Å². The van der Waals surface area contributed by atoms with Gasteiger partial charge in [-0.1, -0.05) is 18.2 Å². The highest BCUT2D eigenvalue weighted by Crippen LogP contribution is 2.53. The van der Waals surface area contributed by atoms with E-state index in [0.717, 1.165) is 18.3 Å². The Kier molecular flexibility index (Phi) is 6.33. The second-order valence-electron chi connectivity index (χ2n) is 10.9. The van der Waals surface area contributed by atoms with Crippen LogP contribution in [0.4, 0.5) is 0 Å². The molecule has 2 atom stereocenters. The molecule has 4 saturated carbocycles. The molecule has 34 heavy (non-hydrogen) atoms. The molecule has 0 aromatic heterocycles. The monoisotopic (exact) mass is 462 g/mol. The van der Waals surface area contributed by atoms with Crippen molar-refractivity contribution < 1.29 is 14.4 Å². The zero-order valence-corrected chi connectivity index (χ0v) is 19.8. The molecule has 4 bridgehead atoms. The third kappa shape index (κ3) is 4.43. The molecule has 1 aromatic carbocycles. The fourth-order valence-corrected chi connectivity index (χ4v) is 7.40. The minimum atomic E-state index is -0.804. The summed E-state index contributed by atoms with van der Waals surface area (Å²) in [7, 11) is 0. The van der Waals surface area contributed by atoms with Crippen LogP contribution in [0.1, 0.15) is 63.0 Å². The van der Waals surface area contributed by atoms with Crippen molar-refractivity contribution in [3.63, 3.8) is 0 Å². The van der Waals surface area contributed by atoms with E-state index in [0.29, 0.717) is 35.9 Å². The quantitative estimate of drug-likeness (QED) is 0.678. The minimum Gasteiger partial charge on any atom is -0.351 e. The van der Waals surface area contributed by atoms with E-state index in [2.05, 4.69) is 16.7 Å². The first-order valence-corrected chi connectivity index (χ1v) is 12.8. The van der Waals surface area contributed by atoms with Gasteiger partial charge in [0.05, 0.1) is 11.6 Å². The first-order chi connectivity index (χ1) is 16.4. The second-order valence-corrected chi connectivity index (χ2v) is 10.9. The fraction of sp³-hybridized carbons (Fsp3) is 0.630. The van der Waals surface area contributed by atoms with Crippen LogP contribution in [-0.2, 0) is 20.8 Å². The Morgan fingerprint density at radius 3 is 2.41 bits per heavy atom. The van der Waals surface area contributed by atoms with Gasteiger partial charge in [-0.2, -0.15) is 5.26 Å². The van der Waals surface area contributed by atoms with E-state index >= 15 is 0 Å². The average Bonchev–Trinajstić information content (AvgIpc) is 3.30. The zero-order chi connectivity index (χ0) is 23.8. The molecular weight excluding hydrogens is 428 g/mol. The van der Waals surface area contributed by atoms with Crippen LogP contribution in [0.5, 0.6) is 0 Å². The van der Waals surface area contributed by atoms with Crippen molar-refractivity contribution in [2.75, 3.05) is 6.54 Å². The standard InChI is InChI=1S/C27H34N4O3/c1-16(32)29-23(14-19-5-2-3-6-20(19)15-28)27(34)31-8-4-7-24(31)26(33)30-25-21-10-17-9-18(12-21)13-22(25)11-17/h2-3,5-6,17-18,21-25H,4,7-14H2,1H3,(H,29,32)(H,30,33)/t17?,18?,21?,22?,23?,24-,25?/m1/s1. The Balaban J connectivity index is 1.29. The third-order valence-electron chi connectivity index (χ3n) is 8.61. The van der Waals surface area contributed by atoms with Crippen LogP contribution in [0.15, 0.2) is 24.3 Å². The van der Waals surface area contributed by atoms with E-state index in [4.69, 9.17) is 0 Å². The van der Waals surface area contributed by atoms with E-state index in [-0.39, 0.29) is 30.2 Å². The molecule has 1 saturated heterocycles. The predicted molar refractivity (Wildman–Crippen MR) is 126 cm³/mol. The molecule has 3 amide bonds. The van der Waals surface area contributed by atoms with Gasteiger partial charge in [-0.25, -0.2) is 0 Å². The molecule has 0 spiro atoms. The largest absolute Gasteiger partial charge is 0.351 e. The number of nitrogens with one attached hydrogen (secondary N) is 2. The van der Waals surface area contributed by atoms with Gasteiger partial charge in [0.25, 0.3) is 0 Å². The van der Waals surface area contributed by atoms with Gasteiger partial charge in [0.15, 0.2) is 0 Å². The van der Waals surface area contributed by atoms with Gasteiger partial charge in [-0.15, -0.1) is 0 Å². The van der Waals surface area contributed by atoms with E-state index < -0.39 is 12.1 Å². The summed E-state index contributed by atoms with van der Waals surface area (Å²) >= 11 is 0. The number of hydrogen-bond acceptors (Lipinski definition) is 4. The summed E-state index contributed by atoms with van der Waals surface area (Å²) in [5.41, 5.74) is 1.20. The summed E-state index contributed by atoms with van der Waals surface area (Å²) in [5, 5.41) is 15.6. The molecule has 1 heterocycles. The van der Waals surface area contributed by atoms with Crippen molar-refractivity contribution in [3.05, 3.63) is 35.4 Å². The number of carbonyl (C=O) groups is 3. The summed E-state index contributed by atoms with van der Waals surface area (Å²) in [6, 6.07) is 8.22. The number of likely N-dealkylation sites (tertiary alicyclic amines) is 1. The summed E-state index contributed by atoms with van der Waals surface area (Å²) in [5.74, 6) is 2.26. The van der Waals surface area contributed by atoms with Crippen LogP contribution < -0.4 is 10.6 Å². The van der Waals surface area contributed by atoms with Crippen molar-refractivity contribution >= 4 is 17.7 Å². The molecule has 6 rings (SSSR count). The van der Waals surface area contributed by atoms with Crippen LogP contribution in [-0.4, -0.2) is 47.3 Å². The highest BCUT2D eigenvalue weighted by atomic mass is 16.2. The van der Waals surface area contributed by atoms with Crippen LogP contribution in [0.2, 0.25) is 0 Å². The Bertz CT molecular complexity index is 987.